The summed E-state index contributed by atoms with van der Waals surface area (Å²) in [4.78, 5) is 39.6. The number of carboxylic acids is 1. The van der Waals surface area contributed by atoms with Gasteiger partial charge in [0.05, 0.1) is 18.6 Å². The molecule has 0 aromatic heterocycles. The van der Waals surface area contributed by atoms with Crippen molar-refractivity contribution in [2.75, 3.05) is 19.6 Å². The van der Waals surface area contributed by atoms with Crippen LogP contribution in [0.1, 0.15) is 38.5 Å². The van der Waals surface area contributed by atoms with Crippen molar-refractivity contribution in [2.45, 2.75) is 56.7 Å². The molecule has 0 radical (unpaired) electrons. The first kappa shape index (κ1) is 15.3. The van der Waals surface area contributed by atoms with Crippen molar-refractivity contribution in [1.29, 1.82) is 0 Å². The fourth-order valence-electron chi connectivity index (χ4n) is 3.97. The number of aliphatic carboxylic acids is 1. The summed E-state index contributed by atoms with van der Waals surface area (Å²) in [5.74, 6) is -1.36. The Kier molecular flexibility index (Phi) is 4.33. The Morgan fingerprint density at radius 2 is 1.50 bits per heavy atom. The maximum absolute atomic E-state index is 12.7. The molecule has 3 aliphatic rings. The zero-order chi connectivity index (χ0) is 15.7. The Balaban J connectivity index is 1.70. The predicted molar refractivity (Wildman–Crippen MR) is 74.3 cm³/mol. The SMILES string of the molecule is O=C([O-])[C@@H]1CCCN1C(=O)[C@@H]1CCCN1C(=O)[C@@H]1CCC[NH2+]1. The van der Waals surface area contributed by atoms with Crippen LogP contribution in [0.2, 0.25) is 0 Å². The largest absolute Gasteiger partial charge is 0.548 e. The highest BCUT2D eigenvalue weighted by Gasteiger charge is 2.43. The van der Waals surface area contributed by atoms with Crippen LogP contribution in [0, 0.1) is 0 Å². The van der Waals surface area contributed by atoms with E-state index in [0.717, 1.165) is 25.8 Å². The molecule has 0 aromatic rings. The van der Waals surface area contributed by atoms with E-state index in [1.54, 1.807) is 4.90 Å². The third-order valence-corrected chi connectivity index (χ3v) is 5.12. The maximum Gasteiger partial charge on any atom is 0.281 e. The fourth-order valence-corrected chi connectivity index (χ4v) is 3.97. The molecule has 0 aliphatic carbocycles. The van der Waals surface area contributed by atoms with Crippen molar-refractivity contribution in [3.63, 3.8) is 0 Å². The number of likely N-dealkylation sites (tertiary alicyclic amines) is 2. The molecule has 0 unspecified atom stereocenters. The molecular formula is C15H23N3O4. The predicted octanol–water partition coefficient (Wildman–Crippen LogP) is -2.56. The monoisotopic (exact) mass is 309 g/mol. The van der Waals surface area contributed by atoms with Gasteiger partial charge < -0.3 is 25.0 Å². The Hall–Kier alpha value is -1.63. The summed E-state index contributed by atoms with van der Waals surface area (Å²) in [6.07, 6.45) is 4.46. The molecule has 7 nitrogen and oxygen atoms in total. The summed E-state index contributed by atoms with van der Waals surface area (Å²) >= 11 is 0. The van der Waals surface area contributed by atoms with Crippen LogP contribution in [0.25, 0.3) is 0 Å². The molecule has 3 fully saturated rings. The average Bonchev–Trinajstić information content (AvgIpc) is 3.25. The number of carbonyl (C=O) groups excluding carboxylic acids is 3. The van der Waals surface area contributed by atoms with Gasteiger partial charge in [-0.2, -0.15) is 0 Å². The number of nitrogens with two attached hydrogens (primary N) is 1. The fraction of sp³-hybridized carbons (Fsp3) is 0.800. The molecule has 7 heteroatoms. The van der Waals surface area contributed by atoms with Gasteiger partial charge >= 0.3 is 0 Å². The third kappa shape index (κ3) is 2.69. The Labute approximate surface area is 129 Å². The van der Waals surface area contributed by atoms with Crippen molar-refractivity contribution in [3.05, 3.63) is 0 Å². The lowest BCUT2D eigenvalue weighted by molar-refractivity contribution is -0.658. The molecule has 3 aliphatic heterocycles. The van der Waals surface area contributed by atoms with E-state index in [9.17, 15) is 19.5 Å². The second-order valence-corrected chi connectivity index (χ2v) is 6.47. The van der Waals surface area contributed by atoms with Gasteiger partial charge in [0.25, 0.3) is 5.91 Å². The molecule has 0 spiro atoms. The van der Waals surface area contributed by atoms with Crippen LogP contribution >= 0.6 is 0 Å². The Bertz CT molecular complexity index is 475. The second kappa shape index (κ2) is 6.24. The quantitative estimate of drug-likeness (QED) is 0.620. The number of amides is 2. The van der Waals surface area contributed by atoms with Crippen molar-refractivity contribution in [1.82, 2.24) is 9.80 Å². The highest BCUT2D eigenvalue weighted by molar-refractivity contribution is 5.92. The van der Waals surface area contributed by atoms with Crippen LogP contribution in [0.3, 0.4) is 0 Å². The van der Waals surface area contributed by atoms with Crippen molar-refractivity contribution >= 4 is 17.8 Å². The van der Waals surface area contributed by atoms with Crippen LogP contribution in [0.5, 0.6) is 0 Å². The molecule has 22 heavy (non-hydrogen) atoms. The van der Waals surface area contributed by atoms with Crippen LogP contribution in [0.15, 0.2) is 0 Å². The number of hydrogen-bond acceptors (Lipinski definition) is 4. The molecule has 0 aromatic carbocycles. The molecule has 0 saturated carbocycles. The minimum atomic E-state index is -1.19. The van der Waals surface area contributed by atoms with Gasteiger partial charge in [-0.15, -0.1) is 0 Å². The van der Waals surface area contributed by atoms with Gasteiger partial charge in [0.2, 0.25) is 5.91 Å². The van der Waals surface area contributed by atoms with Gasteiger partial charge in [0.1, 0.15) is 6.04 Å². The first-order valence-corrected chi connectivity index (χ1v) is 8.24. The van der Waals surface area contributed by atoms with E-state index in [-0.39, 0.29) is 17.9 Å². The topological polar surface area (TPSA) is 97.4 Å². The van der Waals surface area contributed by atoms with E-state index in [2.05, 4.69) is 0 Å². The second-order valence-electron chi connectivity index (χ2n) is 6.47. The van der Waals surface area contributed by atoms with Gasteiger partial charge in [0.15, 0.2) is 6.04 Å². The van der Waals surface area contributed by atoms with Crippen LogP contribution in [0.4, 0.5) is 0 Å². The number of carbonyl (C=O) groups is 3. The summed E-state index contributed by atoms with van der Waals surface area (Å²) in [7, 11) is 0. The highest BCUT2D eigenvalue weighted by Crippen LogP contribution is 2.25. The summed E-state index contributed by atoms with van der Waals surface area (Å²) < 4.78 is 0. The molecule has 3 atom stereocenters. The smallest absolute Gasteiger partial charge is 0.281 e. The zero-order valence-corrected chi connectivity index (χ0v) is 12.7. The molecule has 0 bridgehead atoms. The van der Waals surface area contributed by atoms with E-state index in [4.69, 9.17) is 0 Å². The van der Waals surface area contributed by atoms with Crippen molar-refractivity contribution in [3.8, 4) is 0 Å². The molecule has 122 valence electrons. The van der Waals surface area contributed by atoms with Gasteiger partial charge in [-0.1, -0.05) is 0 Å². The number of quaternary nitrogens is 1. The van der Waals surface area contributed by atoms with Crippen LogP contribution < -0.4 is 10.4 Å². The van der Waals surface area contributed by atoms with Crippen LogP contribution in [-0.2, 0) is 14.4 Å². The summed E-state index contributed by atoms with van der Waals surface area (Å²) in [6, 6.07) is -1.38. The lowest BCUT2D eigenvalue weighted by atomic mass is 10.1. The first-order chi connectivity index (χ1) is 10.6. The van der Waals surface area contributed by atoms with E-state index in [1.165, 1.54) is 4.90 Å². The molecule has 2 N–H and O–H groups in total. The molecule has 3 saturated heterocycles. The number of hydrogen-bond donors (Lipinski definition) is 1. The number of nitrogens with zero attached hydrogens (tertiary/aromatic N) is 2. The first-order valence-electron chi connectivity index (χ1n) is 8.24. The minimum Gasteiger partial charge on any atom is -0.548 e. The lowest BCUT2D eigenvalue weighted by Gasteiger charge is -2.32. The summed E-state index contributed by atoms with van der Waals surface area (Å²) in [6.45, 7) is 2.01. The van der Waals surface area contributed by atoms with Crippen molar-refractivity contribution < 1.29 is 24.8 Å². The Morgan fingerprint density at radius 3 is 2.09 bits per heavy atom. The number of rotatable bonds is 3. The maximum atomic E-state index is 12.7. The highest BCUT2D eigenvalue weighted by atomic mass is 16.4. The standard InChI is InChI=1S/C15H23N3O4/c19-13(10-4-1-7-16-10)17-8-2-5-11(17)14(20)18-9-3-6-12(18)15(21)22/h10-12,16H,1-9H2,(H,21,22)/t10-,11-,12-/m0/s1. The van der Waals surface area contributed by atoms with Crippen molar-refractivity contribution in [2.24, 2.45) is 0 Å². The summed E-state index contributed by atoms with van der Waals surface area (Å²) in [5.41, 5.74) is 0. The van der Waals surface area contributed by atoms with Crippen LogP contribution in [-0.4, -0.2) is 65.3 Å². The molecular weight excluding hydrogens is 286 g/mol. The summed E-state index contributed by atoms with van der Waals surface area (Å²) in [5, 5.41) is 13.2. The van der Waals surface area contributed by atoms with Gasteiger partial charge in [-0.25, -0.2) is 0 Å². The van der Waals surface area contributed by atoms with E-state index in [1.807, 2.05) is 5.32 Å². The Morgan fingerprint density at radius 1 is 0.864 bits per heavy atom. The van der Waals surface area contributed by atoms with E-state index >= 15 is 0 Å². The van der Waals surface area contributed by atoms with Gasteiger partial charge in [-0.05, 0) is 25.7 Å². The number of carboxylic acid groups (broad SMARTS) is 1. The van der Waals surface area contributed by atoms with Gasteiger partial charge in [0, 0.05) is 25.9 Å². The lowest BCUT2D eigenvalue weighted by Crippen LogP contribution is -2.89. The minimum absolute atomic E-state index is 0.0394. The molecule has 2 amide bonds. The van der Waals surface area contributed by atoms with Gasteiger partial charge in [-0.3, -0.25) is 9.59 Å². The molecule has 3 heterocycles. The van der Waals surface area contributed by atoms with E-state index in [0.29, 0.717) is 32.4 Å². The van der Waals surface area contributed by atoms with E-state index < -0.39 is 18.1 Å². The normalized spacial score (nSPS) is 31.7. The zero-order valence-electron chi connectivity index (χ0n) is 12.7. The molecule has 3 rings (SSSR count). The average molecular weight is 309 g/mol. The third-order valence-electron chi connectivity index (χ3n) is 5.12.